The summed E-state index contributed by atoms with van der Waals surface area (Å²) in [5, 5.41) is 2.09. The number of morpholine rings is 1. The van der Waals surface area contributed by atoms with Crippen LogP contribution in [0, 0.1) is 0 Å². The first-order chi connectivity index (χ1) is 15.2. The largest absolute Gasteiger partial charge is 0.370 e. The van der Waals surface area contributed by atoms with Gasteiger partial charge in [-0.15, -0.1) is 11.3 Å². The lowest BCUT2D eigenvalue weighted by atomic mass is 10.00. The second kappa shape index (κ2) is 8.45. The Morgan fingerprint density at radius 2 is 1.94 bits per heavy atom. The number of thiophene rings is 1. The third kappa shape index (κ3) is 3.89. The number of anilines is 1. The fraction of sp³-hybridized carbons (Fsp3) is 0.208. The first kappa shape index (κ1) is 19.7. The van der Waals surface area contributed by atoms with Crippen molar-refractivity contribution in [1.82, 2.24) is 14.5 Å². The van der Waals surface area contributed by atoms with Crippen LogP contribution >= 0.6 is 11.3 Å². The second-order valence-electron chi connectivity index (χ2n) is 7.44. The van der Waals surface area contributed by atoms with E-state index in [2.05, 4.69) is 45.6 Å². The maximum absolute atomic E-state index is 12.7. The zero-order chi connectivity index (χ0) is 21.2. The number of ether oxygens (including phenoxy) is 1. The molecule has 1 fully saturated rings. The van der Waals surface area contributed by atoms with Crippen molar-refractivity contribution >= 4 is 17.3 Å². The molecule has 5 rings (SSSR count). The molecule has 4 heterocycles. The summed E-state index contributed by atoms with van der Waals surface area (Å²) in [5.41, 5.74) is 3.80. The van der Waals surface area contributed by atoms with Crippen LogP contribution in [0.4, 0.5) is 5.95 Å². The van der Waals surface area contributed by atoms with Crippen molar-refractivity contribution in [2.75, 3.05) is 24.6 Å². The lowest BCUT2D eigenvalue weighted by Crippen LogP contribution is -2.41. The van der Waals surface area contributed by atoms with E-state index in [-0.39, 0.29) is 11.7 Å². The molecule has 1 atom stereocenters. The molecule has 3 aromatic heterocycles. The van der Waals surface area contributed by atoms with E-state index in [1.54, 1.807) is 41.4 Å². The Morgan fingerprint density at radius 3 is 2.74 bits per heavy atom. The molecule has 0 amide bonds. The number of aromatic nitrogens is 3. The molecular formula is C24H22N4O2S. The molecule has 1 aliphatic rings. The third-order valence-electron chi connectivity index (χ3n) is 5.53. The summed E-state index contributed by atoms with van der Waals surface area (Å²) < 4.78 is 7.79. The molecule has 0 spiro atoms. The molecule has 31 heavy (non-hydrogen) atoms. The number of benzene rings is 1. The van der Waals surface area contributed by atoms with Gasteiger partial charge in [-0.2, -0.15) is 0 Å². The Hall–Kier alpha value is -3.29. The summed E-state index contributed by atoms with van der Waals surface area (Å²) in [7, 11) is 1.77. The van der Waals surface area contributed by atoms with Gasteiger partial charge in [-0.25, -0.2) is 4.98 Å². The van der Waals surface area contributed by atoms with Crippen LogP contribution in [0.3, 0.4) is 0 Å². The predicted molar refractivity (Wildman–Crippen MR) is 123 cm³/mol. The van der Waals surface area contributed by atoms with Crippen molar-refractivity contribution in [3.8, 4) is 21.7 Å². The van der Waals surface area contributed by atoms with Gasteiger partial charge >= 0.3 is 0 Å². The van der Waals surface area contributed by atoms with Crippen molar-refractivity contribution in [3.63, 3.8) is 0 Å². The Kier molecular flexibility index (Phi) is 5.36. The molecule has 7 heteroatoms. The van der Waals surface area contributed by atoms with Gasteiger partial charge in [0.2, 0.25) is 5.95 Å². The van der Waals surface area contributed by atoms with E-state index < -0.39 is 0 Å². The highest BCUT2D eigenvalue weighted by atomic mass is 32.1. The van der Waals surface area contributed by atoms with Gasteiger partial charge in [0.25, 0.3) is 5.56 Å². The molecular weight excluding hydrogens is 408 g/mol. The fourth-order valence-corrected chi connectivity index (χ4v) is 4.71. The van der Waals surface area contributed by atoms with Crippen LogP contribution in [0.15, 0.2) is 77.2 Å². The molecule has 4 aromatic rings. The van der Waals surface area contributed by atoms with E-state index in [9.17, 15) is 4.79 Å². The smallest absolute Gasteiger partial charge is 0.255 e. The number of nitrogens with zero attached hydrogens (tertiary/aromatic N) is 4. The van der Waals surface area contributed by atoms with Crippen LogP contribution in [0.5, 0.6) is 0 Å². The number of pyridine rings is 1. The average Bonchev–Trinajstić information content (AvgIpc) is 3.36. The Morgan fingerprint density at radius 1 is 1.10 bits per heavy atom. The van der Waals surface area contributed by atoms with E-state index in [0.717, 1.165) is 11.1 Å². The molecule has 0 N–H and O–H groups in total. The number of rotatable bonds is 4. The molecule has 156 valence electrons. The van der Waals surface area contributed by atoms with Gasteiger partial charge in [-0.3, -0.25) is 14.3 Å². The van der Waals surface area contributed by atoms with E-state index in [0.29, 0.717) is 31.3 Å². The summed E-state index contributed by atoms with van der Waals surface area (Å²) in [5.74, 6) is 0.654. The quantitative estimate of drug-likeness (QED) is 0.487. The molecule has 0 radical (unpaired) electrons. The van der Waals surface area contributed by atoms with E-state index in [1.165, 1.54) is 10.4 Å². The van der Waals surface area contributed by atoms with Gasteiger partial charge < -0.3 is 9.64 Å². The Labute approximate surface area is 184 Å². The number of hydrogen-bond donors (Lipinski definition) is 0. The highest BCUT2D eigenvalue weighted by molar-refractivity contribution is 7.13. The maximum Gasteiger partial charge on any atom is 0.255 e. The van der Waals surface area contributed by atoms with Gasteiger partial charge in [0, 0.05) is 42.5 Å². The van der Waals surface area contributed by atoms with Crippen molar-refractivity contribution < 1.29 is 4.74 Å². The number of hydrogen-bond acceptors (Lipinski definition) is 6. The summed E-state index contributed by atoms with van der Waals surface area (Å²) in [6.45, 7) is 1.87. The van der Waals surface area contributed by atoms with Gasteiger partial charge in [-0.1, -0.05) is 30.3 Å². The normalized spacial score (nSPS) is 16.4. The highest BCUT2D eigenvalue weighted by Crippen LogP contribution is 2.35. The molecule has 1 unspecified atom stereocenters. The summed E-state index contributed by atoms with van der Waals surface area (Å²) in [6, 6.07) is 17.9. The van der Waals surface area contributed by atoms with Crippen molar-refractivity contribution in [2.45, 2.75) is 6.10 Å². The SMILES string of the molecule is Cn1c(N2CCOC(c3ccccc3-c3cccs3)C2)nc(-c2ccncc2)cc1=O. The molecule has 1 aromatic carbocycles. The van der Waals surface area contributed by atoms with Crippen molar-refractivity contribution in [2.24, 2.45) is 7.05 Å². The van der Waals surface area contributed by atoms with Crippen LogP contribution in [-0.2, 0) is 11.8 Å². The first-order valence-corrected chi connectivity index (χ1v) is 11.1. The summed E-state index contributed by atoms with van der Waals surface area (Å²) in [6.07, 6.45) is 3.31. The Bertz CT molecular complexity index is 1240. The highest BCUT2D eigenvalue weighted by Gasteiger charge is 2.27. The lowest BCUT2D eigenvalue weighted by molar-refractivity contribution is 0.0393. The minimum atomic E-state index is -0.103. The Balaban J connectivity index is 1.50. The predicted octanol–water partition coefficient (Wildman–Crippen LogP) is 4.15. The van der Waals surface area contributed by atoms with Gasteiger partial charge in [0.1, 0.15) is 6.10 Å². The molecule has 0 aliphatic carbocycles. The van der Waals surface area contributed by atoms with E-state index in [1.807, 2.05) is 18.2 Å². The van der Waals surface area contributed by atoms with Crippen molar-refractivity contribution in [3.05, 3.63) is 88.3 Å². The standard InChI is InChI=1S/C24H22N4O2S/c1-27-23(29)15-20(17-8-10-25-11-9-17)26-24(27)28-12-13-30-21(16-28)18-5-2-3-6-19(18)22-7-4-14-31-22/h2-11,14-15,21H,12-13,16H2,1H3. The van der Waals surface area contributed by atoms with E-state index >= 15 is 0 Å². The zero-order valence-electron chi connectivity index (χ0n) is 17.1. The summed E-state index contributed by atoms with van der Waals surface area (Å²) in [4.78, 5) is 25.0. The van der Waals surface area contributed by atoms with Crippen LogP contribution in [0.1, 0.15) is 11.7 Å². The molecule has 0 saturated carbocycles. The summed E-state index contributed by atoms with van der Waals surface area (Å²) >= 11 is 1.72. The average molecular weight is 431 g/mol. The minimum absolute atomic E-state index is 0.0844. The maximum atomic E-state index is 12.7. The second-order valence-corrected chi connectivity index (χ2v) is 8.39. The third-order valence-corrected chi connectivity index (χ3v) is 6.43. The molecule has 1 saturated heterocycles. The minimum Gasteiger partial charge on any atom is -0.370 e. The topological polar surface area (TPSA) is 60.2 Å². The van der Waals surface area contributed by atoms with E-state index in [4.69, 9.17) is 9.72 Å². The van der Waals surface area contributed by atoms with Crippen LogP contribution in [0.25, 0.3) is 21.7 Å². The first-order valence-electron chi connectivity index (χ1n) is 10.2. The molecule has 6 nitrogen and oxygen atoms in total. The van der Waals surface area contributed by atoms with Crippen LogP contribution < -0.4 is 10.5 Å². The van der Waals surface area contributed by atoms with Gasteiger partial charge in [-0.05, 0) is 34.7 Å². The lowest BCUT2D eigenvalue weighted by Gasteiger charge is -2.35. The van der Waals surface area contributed by atoms with Crippen LogP contribution in [0.2, 0.25) is 0 Å². The van der Waals surface area contributed by atoms with Gasteiger partial charge in [0.05, 0.1) is 18.8 Å². The molecule has 0 bridgehead atoms. The van der Waals surface area contributed by atoms with Gasteiger partial charge in [0.15, 0.2) is 0 Å². The fourth-order valence-electron chi connectivity index (χ4n) is 3.93. The molecule has 1 aliphatic heterocycles. The van der Waals surface area contributed by atoms with Crippen molar-refractivity contribution in [1.29, 1.82) is 0 Å². The zero-order valence-corrected chi connectivity index (χ0v) is 18.0. The van der Waals surface area contributed by atoms with Crippen LogP contribution in [-0.4, -0.2) is 34.2 Å². The monoisotopic (exact) mass is 430 g/mol.